The molecule has 25 heavy (non-hydrogen) atoms. The van der Waals surface area contributed by atoms with Crippen LogP contribution in [0.25, 0.3) is 0 Å². The molecule has 0 aromatic carbocycles. The molecule has 1 rings (SSSR count). The fourth-order valence-corrected chi connectivity index (χ4v) is 2.36. The maximum Gasteiger partial charge on any atom is 0.227 e. The summed E-state index contributed by atoms with van der Waals surface area (Å²) in [5.41, 5.74) is 0.824. The van der Waals surface area contributed by atoms with Crippen LogP contribution in [0.1, 0.15) is 45.2 Å². The van der Waals surface area contributed by atoms with Crippen molar-refractivity contribution in [2.75, 3.05) is 25.0 Å². The van der Waals surface area contributed by atoms with Gasteiger partial charge in [-0.3, -0.25) is 14.4 Å². The van der Waals surface area contributed by atoms with Gasteiger partial charge in [0.2, 0.25) is 17.7 Å². The number of carbonyl (C=O) groups is 3. The summed E-state index contributed by atoms with van der Waals surface area (Å²) in [7, 11) is 0. The lowest BCUT2D eigenvalue weighted by atomic mass is 10.2. The first kappa shape index (κ1) is 20.6. The van der Waals surface area contributed by atoms with Crippen LogP contribution >= 0.6 is 0 Å². The molecule has 1 aromatic heterocycles. The molecule has 0 atom stereocenters. The van der Waals surface area contributed by atoms with Crippen LogP contribution in [-0.2, 0) is 14.4 Å². The number of nitrogens with zero attached hydrogens (tertiary/aromatic N) is 2. The number of amides is 3. The number of nitrogens with one attached hydrogen (secondary N) is 2. The van der Waals surface area contributed by atoms with Gasteiger partial charge >= 0.3 is 0 Å². The first-order valence-corrected chi connectivity index (χ1v) is 8.74. The average Bonchev–Trinajstić information content (AvgIpc) is 2.56. The maximum atomic E-state index is 11.8. The minimum Gasteiger partial charge on any atom is -0.356 e. The first-order valence-electron chi connectivity index (χ1n) is 8.74. The largest absolute Gasteiger partial charge is 0.356 e. The summed E-state index contributed by atoms with van der Waals surface area (Å²) in [4.78, 5) is 41.3. The lowest BCUT2D eigenvalue weighted by Gasteiger charge is -2.18. The van der Waals surface area contributed by atoms with Gasteiger partial charge in [0.05, 0.1) is 0 Å². The molecular formula is C18H28N4O3. The lowest BCUT2D eigenvalue weighted by Crippen LogP contribution is -2.31. The summed E-state index contributed by atoms with van der Waals surface area (Å²) < 4.78 is 0. The summed E-state index contributed by atoms with van der Waals surface area (Å²) in [5, 5.41) is 5.38. The standard InChI is InChI=1S/C18H28N4O3/c1-4-22(5-2)18(25)11-7-10-16(23)19-13-12-17(24)21-15-9-6-8-14(3)20-15/h6,8-9H,4-5,7,10-13H2,1-3H3,(H,19,23)(H,20,21,24). The van der Waals surface area contributed by atoms with Gasteiger partial charge in [-0.05, 0) is 39.3 Å². The third-order valence-electron chi connectivity index (χ3n) is 3.74. The van der Waals surface area contributed by atoms with Crippen LogP contribution in [0.3, 0.4) is 0 Å². The minimum atomic E-state index is -0.199. The van der Waals surface area contributed by atoms with E-state index in [1.807, 2.05) is 32.9 Å². The molecule has 0 saturated heterocycles. The molecule has 0 bridgehead atoms. The van der Waals surface area contributed by atoms with Crippen molar-refractivity contribution >= 4 is 23.5 Å². The van der Waals surface area contributed by atoms with Crippen molar-refractivity contribution in [3.8, 4) is 0 Å². The third-order valence-corrected chi connectivity index (χ3v) is 3.74. The quantitative estimate of drug-likeness (QED) is 0.675. The highest BCUT2D eigenvalue weighted by atomic mass is 16.2. The highest BCUT2D eigenvalue weighted by Crippen LogP contribution is 2.04. The molecule has 0 aliphatic rings. The summed E-state index contributed by atoms with van der Waals surface area (Å²) in [6, 6.07) is 5.39. The van der Waals surface area contributed by atoms with Gasteiger partial charge in [-0.15, -0.1) is 0 Å². The predicted molar refractivity (Wildman–Crippen MR) is 97.0 cm³/mol. The number of anilines is 1. The SMILES string of the molecule is CCN(CC)C(=O)CCCC(=O)NCCC(=O)Nc1cccc(C)n1. The molecule has 138 valence electrons. The molecule has 1 heterocycles. The van der Waals surface area contributed by atoms with Crippen molar-refractivity contribution < 1.29 is 14.4 Å². The van der Waals surface area contributed by atoms with Crippen LogP contribution in [0.5, 0.6) is 0 Å². The zero-order chi connectivity index (χ0) is 18.7. The number of carbonyl (C=O) groups excluding carboxylic acids is 3. The number of hydrogen-bond acceptors (Lipinski definition) is 4. The Morgan fingerprint density at radius 3 is 2.40 bits per heavy atom. The van der Waals surface area contributed by atoms with E-state index in [0.717, 1.165) is 5.69 Å². The first-order chi connectivity index (χ1) is 12.0. The van der Waals surface area contributed by atoms with E-state index in [0.29, 0.717) is 31.7 Å². The van der Waals surface area contributed by atoms with E-state index in [1.165, 1.54) is 0 Å². The smallest absolute Gasteiger partial charge is 0.227 e. The Kier molecular flexibility index (Phi) is 9.21. The molecule has 0 radical (unpaired) electrons. The molecule has 0 aliphatic carbocycles. The van der Waals surface area contributed by atoms with Crippen LogP contribution in [-0.4, -0.2) is 47.2 Å². The molecule has 7 heteroatoms. The highest BCUT2D eigenvalue weighted by molar-refractivity contribution is 5.90. The van der Waals surface area contributed by atoms with E-state index in [9.17, 15) is 14.4 Å². The Hall–Kier alpha value is -2.44. The molecule has 7 nitrogen and oxygen atoms in total. The van der Waals surface area contributed by atoms with E-state index in [4.69, 9.17) is 0 Å². The number of pyridine rings is 1. The van der Waals surface area contributed by atoms with Crippen LogP contribution in [0.4, 0.5) is 5.82 Å². The Labute approximate surface area is 149 Å². The second-order valence-electron chi connectivity index (χ2n) is 5.73. The van der Waals surface area contributed by atoms with Crippen LogP contribution in [0.15, 0.2) is 18.2 Å². The Morgan fingerprint density at radius 1 is 1.04 bits per heavy atom. The molecule has 0 aliphatic heterocycles. The van der Waals surface area contributed by atoms with Gasteiger partial charge in [0.1, 0.15) is 5.82 Å². The van der Waals surface area contributed by atoms with Crippen molar-refractivity contribution in [3.63, 3.8) is 0 Å². The Bertz CT molecular complexity index is 585. The number of aromatic nitrogens is 1. The summed E-state index contributed by atoms with van der Waals surface area (Å²) in [6.07, 6.45) is 1.35. The van der Waals surface area contributed by atoms with E-state index in [1.54, 1.807) is 11.0 Å². The summed E-state index contributed by atoms with van der Waals surface area (Å²) >= 11 is 0. The predicted octanol–water partition coefficient (Wildman–Crippen LogP) is 1.87. The van der Waals surface area contributed by atoms with Gasteiger partial charge in [0, 0.05) is 44.6 Å². The topological polar surface area (TPSA) is 91.4 Å². The van der Waals surface area contributed by atoms with Crippen molar-refractivity contribution in [1.29, 1.82) is 0 Å². The van der Waals surface area contributed by atoms with Gasteiger partial charge < -0.3 is 15.5 Å². The highest BCUT2D eigenvalue weighted by Gasteiger charge is 2.10. The molecule has 0 spiro atoms. The Morgan fingerprint density at radius 2 is 1.76 bits per heavy atom. The molecular weight excluding hydrogens is 320 g/mol. The molecule has 0 fully saturated rings. The third kappa shape index (κ3) is 8.28. The zero-order valence-corrected chi connectivity index (χ0v) is 15.3. The van der Waals surface area contributed by atoms with Gasteiger partial charge in [-0.1, -0.05) is 6.07 Å². The monoisotopic (exact) mass is 348 g/mol. The normalized spacial score (nSPS) is 10.2. The molecule has 2 N–H and O–H groups in total. The summed E-state index contributed by atoms with van der Waals surface area (Å²) in [5.74, 6) is 0.234. The molecule has 0 saturated carbocycles. The van der Waals surface area contributed by atoms with Crippen LogP contribution in [0.2, 0.25) is 0 Å². The molecule has 1 aromatic rings. The Balaban J connectivity index is 2.17. The van der Waals surface area contributed by atoms with Gasteiger partial charge in [-0.25, -0.2) is 4.98 Å². The maximum absolute atomic E-state index is 11.8. The van der Waals surface area contributed by atoms with E-state index in [-0.39, 0.29) is 37.1 Å². The number of aryl methyl sites for hydroxylation is 1. The number of rotatable bonds is 10. The van der Waals surface area contributed by atoms with E-state index in [2.05, 4.69) is 15.6 Å². The van der Waals surface area contributed by atoms with Gasteiger partial charge in [-0.2, -0.15) is 0 Å². The zero-order valence-electron chi connectivity index (χ0n) is 15.3. The molecule has 0 unspecified atom stereocenters. The van der Waals surface area contributed by atoms with Crippen molar-refractivity contribution in [3.05, 3.63) is 23.9 Å². The number of hydrogen-bond donors (Lipinski definition) is 2. The van der Waals surface area contributed by atoms with Crippen LogP contribution in [0, 0.1) is 6.92 Å². The lowest BCUT2D eigenvalue weighted by molar-refractivity contribution is -0.131. The second-order valence-corrected chi connectivity index (χ2v) is 5.73. The second kappa shape index (κ2) is 11.2. The molecule has 3 amide bonds. The summed E-state index contributed by atoms with van der Waals surface area (Å²) in [6.45, 7) is 7.36. The van der Waals surface area contributed by atoms with E-state index >= 15 is 0 Å². The van der Waals surface area contributed by atoms with Crippen molar-refractivity contribution in [2.24, 2.45) is 0 Å². The van der Waals surface area contributed by atoms with Crippen molar-refractivity contribution in [2.45, 2.75) is 46.5 Å². The van der Waals surface area contributed by atoms with E-state index < -0.39 is 0 Å². The van der Waals surface area contributed by atoms with Crippen LogP contribution < -0.4 is 10.6 Å². The fourth-order valence-electron chi connectivity index (χ4n) is 2.36. The van der Waals surface area contributed by atoms with Crippen molar-refractivity contribution in [1.82, 2.24) is 15.2 Å². The van der Waals surface area contributed by atoms with Gasteiger partial charge in [0.25, 0.3) is 0 Å². The van der Waals surface area contributed by atoms with Gasteiger partial charge in [0.15, 0.2) is 0 Å². The average molecular weight is 348 g/mol. The fraction of sp³-hybridized carbons (Fsp3) is 0.556. The minimum absolute atomic E-state index is 0.0721.